The molecule has 0 bridgehead atoms. The Labute approximate surface area is 116 Å². The second-order valence-corrected chi connectivity index (χ2v) is 4.83. The van der Waals surface area contributed by atoms with Crippen LogP contribution in [0.5, 0.6) is 0 Å². The number of rotatable bonds is 3. The van der Waals surface area contributed by atoms with Crippen molar-refractivity contribution in [3.8, 4) is 11.3 Å². The third-order valence-corrected chi connectivity index (χ3v) is 3.17. The van der Waals surface area contributed by atoms with Crippen LogP contribution in [0.3, 0.4) is 0 Å². The highest BCUT2D eigenvalue weighted by Gasteiger charge is 2.26. The number of carbonyl (C=O) groups is 2. The molecule has 6 nitrogen and oxygen atoms in total. The molecule has 3 amide bonds. The van der Waals surface area contributed by atoms with Crippen LogP contribution in [0.25, 0.3) is 11.3 Å². The zero-order chi connectivity index (χ0) is 14.1. The molecular weight excluding hydrogens is 256 g/mol. The summed E-state index contributed by atoms with van der Waals surface area (Å²) < 4.78 is 1.88. The molecule has 102 valence electrons. The first-order valence-corrected chi connectivity index (χ1v) is 6.28. The highest BCUT2D eigenvalue weighted by Crippen LogP contribution is 2.19. The van der Waals surface area contributed by atoms with Crippen LogP contribution in [0.4, 0.5) is 4.79 Å². The monoisotopic (exact) mass is 270 g/mol. The average molecular weight is 270 g/mol. The SMILES string of the molecule is Cn1cnc(-c2cccc(CN3CC(=O)NC3=O)c2)c1. The molecule has 1 N–H and O–H groups in total. The molecule has 1 aromatic carbocycles. The largest absolute Gasteiger partial charge is 0.340 e. The van der Waals surface area contributed by atoms with Gasteiger partial charge in [0.15, 0.2) is 0 Å². The summed E-state index contributed by atoms with van der Waals surface area (Å²) in [4.78, 5) is 28.5. The van der Waals surface area contributed by atoms with Crippen molar-refractivity contribution in [2.45, 2.75) is 6.54 Å². The Bertz CT molecular complexity index is 677. The van der Waals surface area contributed by atoms with Crippen molar-refractivity contribution in [3.63, 3.8) is 0 Å². The highest BCUT2D eigenvalue weighted by molar-refractivity contribution is 6.01. The second kappa shape index (κ2) is 4.80. The molecule has 20 heavy (non-hydrogen) atoms. The Balaban J connectivity index is 1.81. The van der Waals surface area contributed by atoms with Gasteiger partial charge in [-0.25, -0.2) is 9.78 Å². The fraction of sp³-hybridized carbons (Fsp3) is 0.214. The first-order chi connectivity index (χ1) is 9.61. The van der Waals surface area contributed by atoms with Gasteiger partial charge < -0.3 is 9.47 Å². The van der Waals surface area contributed by atoms with Crippen LogP contribution in [0.2, 0.25) is 0 Å². The van der Waals surface area contributed by atoms with Crippen molar-refractivity contribution in [2.24, 2.45) is 7.05 Å². The van der Waals surface area contributed by atoms with Gasteiger partial charge in [-0.1, -0.05) is 18.2 Å². The third kappa shape index (κ3) is 2.40. The van der Waals surface area contributed by atoms with E-state index in [0.29, 0.717) is 6.54 Å². The van der Waals surface area contributed by atoms with E-state index in [1.54, 1.807) is 6.33 Å². The van der Waals surface area contributed by atoms with E-state index in [0.717, 1.165) is 16.8 Å². The summed E-state index contributed by atoms with van der Waals surface area (Å²) in [5.41, 5.74) is 2.85. The van der Waals surface area contributed by atoms with Gasteiger partial charge >= 0.3 is 6.03 Å². The average Bonchev–Trinajstić information content (AvgIpc) is 2.97. The summed E-state index contributed by atoms with van der Waals surface area (Å²) in [6, 6.07) is 7.48. The van der Waals surface area contributed by atoms with E-state index in [2.05, 4.69) is 10.3 Å². The lowest BCUT2D eigenvalue weighted by Gasteiger charge is -2.13. The molecule has 0 aliphatic carbocycles. The summed E-state index contributed by atoms with van der Waals surface area (Å²) in [5, 5.41) is 2.27. The Morgan fingerprint density at radius 2 is 2.20 bits per heavy atom. The van der Waals surface area contributed by atoms with E-state index >= 15 is 0 Å². The van der Waals surface area contributed by atoms with Gasteiger partial charge in [0, 0.05) is 25.4 Å². The minimum absolute atomic E-state index is 0.118. The van der Waals surface area contributed by atoms with Gasteiger partial charge in [0.05, 0.1) is 12.0 Å². The fourth-order valence-corrected chi connectivity index (χ4v) is 2.22. The van der Waals surface area contributed by atoms with Gasteiger partial charge in [0.25, 0.3) is 0 Å². The lowest BCUT2D eigenvalue weighted by molar-refractivity contribution is -0.118. The topological polar surface area (TPSA) is 67.2 Å². The molecule has 1 fully saturated rings. The van der Waals surface area contributed by atoms with E-state index in [1.165, 1.54) is 4.90 Å². The Hall–Kier alpha value is -2.63. The molecule has 1 aliphatic heterocycles. The zero-order valence-electron chi connectivity index (χ0n) is 11.0. The maximum atomic E-state index is 11.5. The number of benzene rings is 1. The molecule has 2 heterocycles. The first kappa shape index (κ1) is 12.4. The number of aromatic nitrogens is 2. The van der Waals surface area contributed by atoms with Gasteiger partial charge in [-0.05, 0) is 11.6 Å². The van der Waals surface area contributed by atoms with Crippen LogP contribution in [-0.4, -0.2) is 32.9 Å². The number of hydrogen-bond acceptors (Lipinski definition) is 3. The van der Waals surface area contributed by atoms with Gasteiger partial charge in [0.1, 0.15) is 6.54 Å². The molecule has 1 aliphatic rings. The van der Waals surface area contributed by atoms with Crippen molar-refractivity contribution in [1.82, 2.24) is 19.8 Å². The van der Waals surface area contributed by atoms with Crippen molar-refractivity contribution in [3.05, 3.63) is 42.4 Å². The number of amides is 3. The molecule has 0 spiro atoms. The molecule has 0 radical (unpaired) electrons. The molecule has 3 rings (SSSR count). The van der Waals surface area contributed by atoms with E-state index in [4.69, 9.17) is 0 Å². The number of carbonyl (C=O) groups excluding carboxylic acids is 2. The summed E-state index contributed by atoms with van der Waals surface area (Å²) in [6.45, 7) is 0.533. The number of imide groups is 1. The van der Waals surface area contributed by atoms with Crippen LogP contribution in [-0.2, 0) is 18.4 Å². The van der Waals surface area contributed by atoms with Gasteiger partial charge in [-0.15, -0.1) is 0 Å². The number of urea groups is 1. The van der Waals surface area contributed by atoms with Gasteiger partial charge in [0.2, 0.25) is 5.91 Å². The van der Waals surface area contributed by atoms with E-state index < -0.39 is 0 Å². The summed E-state index contributed by atoms with van der Waals surface area (Å²) in [7, 11) is 1.92. The van der Waals surface area contributed by atoms with Crippen molar-refractivity contribution in [2.75, 3.05) is 6.54 Å². The van der Waals surface area contributed by atoms with Crippen LogP contribution < -0.4 is 5.32 Å². The first-order valence-electron chi connectivity index (χ1n) is 6.28. The van der Waals surface area contributed by atoms with Crippen LogP contribution in [0.15, 0.2) is 36.8 Å². The minimum Gasteiger partial charge on any atom is -0.340 e. The quantitative estimate of drug-likeness (QED) is 0.850. The molecule has 6 heteroatoms. The maximum absolute atomic E-state index is 11.5. The molecular formula is C14H14N4O2. The number of nitrogens with zero attached hydrogens (tertiary/aromatic N) is 3. The third-order valence-electron chi connectivity index (χ3n) is 3.17. The fourth-order valence-electron chi connectivity index (χ4n) is 2.22. The molecule has 0 atom stereocenters. The smallest absolute Gasteiger partial charge is 0.324 e. The van der Waals surface area contributed by atoms with Crippen molar-refractivity contribution in [1.29, 1.82) is 0 Å². The van der Waals surface area contributed by atoms with Crippen LogP contribution >= 0.6 is 0 Å². The summed E-state index contributed by atoms with van der Waals surface area (Å²) >= 11 is 0. The van der Waals surface area contributed by atoms with Gasteiger partial charge in [-0.3, -0.25) is 10.1 Å². The van der Waals surface area contributed by atoms with E-state index in [-0.39, 0.29) is 18.5 Å². The Morgan fingerprint density at radius 1 is 1.35 bits per heavy atom. The maximum Gasteiger partial charge on any atom is 0.324 e. The number of hydrogen-bond donors (Lipinski definition) is 1. The predicted octanol–water partition coefficient (Wildman–Crippen LogP) is 1.14. The molecule has 2 aromatic rings. The predicted molar refractivity (Wildman–Crippen MR) is 72.6 cm³/mol. The lowest BCUT2D eigenvalue weighted by atomic mass is 10.1. The van der Waals surface area contributed by atoms with Crippen molar-refractivity contribution >= 4 is 11.9 Å². The highest BCUT2D eigenvalue weighted by atomic mass is 16.2. The minimum atomic E-state index is -0.335. The van der Waals surface area contributed by atoms with Crippen LogP contribution in [0.1, 0.15) is 5.56 Å². The van der Waals surface area contributed by atoms with Crippen molar-refractivity contribution < 1.29 is 9.59 Å². The van der Waals surface area contributed by atoms with E-state index in [1.807, 2.05) is 42.1 Å². The van der Waals surface area contributed by atoms with Crippen LogP contribution in [0, 0.1) is 0 Å². The Kier molecular flexibility index (Phi) is 2.98. The number of imidazole rings is 1. The summed E-state index contributed by atoms with van der Waals surface area (Å²) in [6.07, 6.45) is 3.68. The van der Waals surface area contributed by atoms with E-state index in [9.17, 15) is 9.59 Å². The lowest BCUT2D eigenvalue weighted by Crippen LogP contribution is -2.27. The molecule has 1 aromatic heterocycles. The summed E-state index contributed by atoms with van der Waals surface area (Å²) in [5.74, 6) is -0.254. The number of nitrogens with one attached hydrogen (secondary N) is 1. The zero-order valence-corrected chi connectivity index (χ0v) is 11.0. The number of aryl methyl sites for hydroxylation is 1. The Morgan fingerprint density at radius 3 is 2.85 bits per heavy atom. The van der Waals surface area contributed by atoms with Gasteiger partial charge in [-0.2, -0.15) is 0 Å². The molecule has 0 saturated carbocycles. The standard InChI is InChI=1S/C14H14N4O2/c1-17-7-12(15-9-17)11-4-2-3-10(5-11)6-18-8-13(19)16-14(18)20/h2-5,7,9H,6,8H2,1H3,(H,16,19,20). The molecule has 1 saturated heterocycles. The normalized spacial score (nSPS) is 14.8. The second-order valence-electron chi connectivity index (χ2n) is 4.83. The molecule has 0 unspecified atom stereocenters.